The summed E-state index contributed by atoms with van der Waals surface area (Å²) in [5.41, 5.74) is -1.28. The molecule has 28 heavy (non-hydrogen) atoms. The zero-order valence-corrected chi connectivity index (χ0v) is 15.8. The molecule has 3 rings (SSSR count). The van der Waals surface area contributed by atoms with Gasteiger partial charge in [0.1, 0.15) is 5.02 Å². The number of aromatic nitrogens is 2. The van der Waals surface area contributed by atoms with Crippen molar-refractivity contribution in [2.45, 2.75) is 19.0 Å². The molecule has 0 bridgehead atoms. The van der Waals surface area contributed by atoms with Gasteiger partial charge >= 0.3 is 6.18 Å². The molecule has 1 aromatic heterocycles. The van der Waals surface area contributed by atoms with Crippen LogP contribution >= 0.6 is 11.6 Å². The molecule has 0 spiro atoms. The number of alkyl halides is 3. The van der Waals surface area contributed by atoms with Crippen molar-refractivity contribution in [2.24, 2.45) is 0 Å². The summed E-state index contributed by atoms with van der Waals surface area (Å²) in [6, 6.07) is 4.31. The molecule has 0 atom stereocenters. The van der Waals surface area contributed by atoms with Crippen molar-refractivity contribution in [2.75, 3.05) is 31.6 Å². The zero-order valence-electron chi connectivity index (χ0n) is 15.0. The summed E-state index contributed by atoms with van der Waals surface area (Å²) in [6.45, 7) is 1.64. The summed E-state index contributed by atoms with van der Waals surface area (Å²) in [5, 5.41) is 3.83. The van der Waals surface area contributed by atoms with Gasteiger partial charge in [-0.1, -0.05) is 17.7 Å². The van der Waals surface area contributed by atoms with Gasteiger partial charge < -0.3 is 9.80 Å². The van der Waals surface area contributed by atoms with Crippen LogP contribution in [0.4, 0.5) is 18.9 Å². The van der Waals surface area contributed by atoms with Crippen molar-refractivity contribution in [3.63, 3.8) is 0 Å². The van der Waals surface area contributed by atoms with Gasteiger partial charge in [-0.15, -0.1) is 0 Å². The number of hydrogen-bond acceptors (Lipinski definition) is 4. The molecule has 1 amide bonds. The number of halogens is 4. The number of amides is 1. The van der Waals surface area contributed by atoms with Crippen LogP contribution in [-0.2, 0) is 11.0 Å². The molecule has 0 radical (unpaired) electrons. The van der Waals surface area contributed by atoms with Crippen LogP contribution in [0.2, 0.25) is 5.02 Å². The molecule has 150 valence electrons. The molecule has 2 heterocycles. The predicted octanol–water partition coefficient (Wildman–Crippen LogP) is 2.96. The third-order valence-corrected chi connectivity index (χ3v) is 4.96. The van der Waals surface area contributed by atoms with E-state index < -0.39 is 17.3 Å². The van der Waals surface area contributed by atoms with Gasteiger partial charge in [-0.05, 0) is 24.6 Å². The third kappa shape index (κ3) is 4.14. The first-order chi connectivity index (χ1) is 13.2. The first kappa shape index (κ1) is 20.2. The number of likely N-dealkylation sites (tertiary alicyclic amines) is 1. The summed E-state index contributed by atoms with van der Waals surface area (Å²) in [4.78, 5) is 27.7. The number of hydrogen-bond donors (Lipinski definition) is 0. The van der Waals surface area contributed by atoms with Crippen LogP contribution in [0, 0.1) is 0 Å². The number of nitrogens with zero attached hydrogens (tertiary/aromatic N) is 4. The number of rotatable bonds is 5. The van der Waals surface area contributed by atoms with E-state index in [1.807, 2.05) is 0 Å². The predicted molar refractivity (Wildman–Crippen MR) is 98.9 cm³/mol. The van der Waals surface area contributed by atoms with Crippen molar-refractivity contribution in [1.29, 1.82) is 0 Å². The molecule has 1 aliphatic heterocycles. The maximum atomic E-state index is 12.9. The van der Waals surface area contributed by atoms with Gasteiger partial charge in [0, 0.05) is 33.1 Å². The van der Waals surface area contributed by atoms with Crippen molar-refractivity contribution in [3.8, 4) is 5.69 Å². The van der Waals surface area contributed by atoms with Gasteiger partial charge in [0.25, 0.3) is 5.56 Å². The number of benzene rings is 1. The van der Waals surface area contributed by atoms with Crippen LogP contribution in [0.3, 0.4) is 0 Å². The molecule has 1 aromatic carbocycles. The lowest BCUT2D eigenvalue weighted by atomic mass is 10.2. The summed E-state index contributed by atoms with van der Waals surface area (Å²) in [6.07, 6.45) is -1.83. The lowest BCUT2D eigenvalue weighted by molar-refractivity contribution is -0.137. The number of anilines is 1. The molecule has 0 saturated carbocycles. The fourth-order valence-corrected chi connectivity index (χ4v) is 3.29. The Kier molecular flexibility index (Phi) is 5.64. The topological polar surface area (TPSA) is 58.4 Å². The summed E-state index contributed by atoms with van der Waals surface area (Å²) in [7, 11) is 1.71. The van der Waals surface area contributed by atoms with E-state index in [1.54, 1.807) is 16.8 Å². The largest absolute Gasteiger partial charge is 0.416 e. The SMILES string of the molecule is CN(CCN1CCCC1=O)c1cnn(-c2cccc(C(F)(F)F)c2)c(=O)c1Cl. The Hall–Kier alpha value is -2.55. The summed E-state index contributed by atoms with van der Waals surface area (Å²) >= 11 is 6.18. The average molecular weight is 415 g/mol. The van der Waals surface area contributed by atoms with Crippen molar-refractivity contribution >= 4 is 23.2 Å². The highest BCUT2D eigenvalue weighted by Crippen LogP contribution is 2.30. The van der Waals surface area contributed by atoms with Crippen molar-refractivity contribution in [1.82, 2.24) is 14.7 Å². The first-order valence-electron chi connectivity index (χ1n) is 8.63. The Labute approximate surface area is 164 Å². The monoisotopic (exact) mass is 414 g/mol. The maximum Gasteiger partial charge on any atom is 0.416 e. The highest BCUT2D eigenvalue weighted by molar-refractivity contribution is 6.33. The second-order valence-electron chi connectivity index (χ2n) is 6.51. The Morgan fingerprint density at radius 1 is 1.29 bits per heavy atom. The van der Waals surface area contributed by atoms with Crippen LogP contribution in [-0.4, -0.2) is 47.3 Å². The van der Waals surface area contributed by atoms with Gasteiger partial charge in [-0.25, -0.2) is 0 Å². The zero-order chi connectivity index (χ0) is 20.5. The number of likely N-dealkylation sites (N-methyl/N-ethyl adjacent to an activating group) is 1. The van der Waals surface area contributed by atoms with Crippen molar-refractivity contribution in [3.05, 3.63) is 51.4 Å². The molecule has 1 fully saturated rings. The fourth-order valence-electron chi connectivity index (χ4n) is 3.02. The Morgan fingerprint density at radius 3 is 2.68 bits per heavy atom. The molecular formula is C18H18ClF3N4O2. The summed E-state index contributed by atoms with van der Waals surface area (Å²) in [5.74, 6) is 0.0950. The smallest absolute Gasteiger partial charge is 0.370 e. The maximum absolute atomic E-state index is 12.9. The Bertz CT molecular complexity index is 945. The normalized spacial score (nSPS) is 14.6. The van der Waals surface area contributed by atoms with E-state index in [2.05, 4.69) is 5.10 Å². The lowest BCUT2D eigenvalue weighted by Gasteiger charge is -2.24. The van der Waals surface area contributed by atoms with Crippen LogP contribution in [0.5, 0.6) is 0 Å². The van der Waals surface area contributed by atoms with E-state index in [1.165, 1.54) is 18.3 Å². The van der Waals surface area contributed by atoms with Crippen LogP contribution in [0.1, 0.15) is 18.4 Å². The molecule has 6 nitrogen and oxygen atoms in total. The van der Waals surface area contributed by atoms with Crippen LogP contribution in [0.25, 0.3) is 5.69 Å². The minimum absolute atomic E-state index is 0.0291. The van der Waals surface area contributed by atoms with Crippen LogP contribution in [0.15, 0.2) is 35.3 Å². The molecular weight excluding hydrogens is 397 g/mol. The molecule has 0 aliphatic carbocycles. The highest BCUT2D eigenvalue weighted by atomic mass is 35.5. The number of carbonyl (C=O) groups excluding carboxylic acids is 1. The van der Waals surface area contributed by atoms with E-state index in [0.717, 1.165) is 23.2 Å². The Morgan fingerprint density at radius 2 is 2.04 bits per heavy atom. The number of carbonyl (C=O) groups is 1. The molecule has 10 heteroatoms. The molecule has 0 unspecified atom stereocenters. The van der Waals surface area contributed by atoms with Crippen molar-refractivity contribution < 1.29 is 18.0 Å². The molecule has 0 N–H and O–H groups in total. The Balaban J connectivity index is 1.83. The van der Waals surface area contributed by atoms with E-state index in [-0.39, 0.29) is 16.6 Å². The lowest BCUT2D eigenvalue weighted by Crippen LogP contribution is -2.35. The quantitative estimate of drug-likeness (QED) is 0.754. The second-order valence-corrected chi connectivity index (χ2v) is 6.89. The fraction of sp³-hybridized carbons (Fsp3) is 0.389. The minimum atomic E-state index is -4.53. The van der Waals surface area contributed by atoms with Gasteiger partial charge in [0.05, 0.1) is 23.1 Å². The van der Waals surface area contributed by atoms with E-state index in [4.69, 9.17) is 11.6 Å². The molecule has 1 aliphatic rings. The standard InChI is InChI=1S/C18H18ClF3N4O2/c1-24(8-9-25-7-3-6-15(25)27)14-11-23-26(17(28)16(14)19)13-5-2-4-12(10-13)18(20,21)22/h2,4-5,10-11H,3,6-9H2,1H3. The molecule has 1 saturated heterocycles. The average Bonchev–Trinajstić information content (AvgIpc) is 3.06. The van der Waals surface area contributed by atoms with E-state index in [0.29, 0.717) is 31.7 Å². The highest BCUT2D eigenvalue weighted by Gasteiger charge is 2.30. The van der Waals surface area contributed by atoms with E-state index in [9.17, 15) is 22.8 Å². The summed E-state index contributed by atoms with van der Waals surface area (Å²) < 4.78 is 39.5. The molecule has 2 aromatic rings. The second kappa shape index (κ2) is 7.83. The minimum Gasteiger partial charge on any atom is -0.370 e. The van der Waals surface area contributed by atoms with Crippen LogP contribution < -0.4 is 10.5 Å². The van der Waals surface area contributed by atoms with Gasteiger partial charge in [-0.2, -0.15) is 23.0 Å². The van der Waals surface area contributed by atoms with E-state index >= 15 is 0 Å². The third-order valence-electron chi connectivity index (χ3n) is 4.61. The van der Waals surface area contributed by atoms with Gasteiger partial charge in [0.15, 0.2) is 0 Å². The first-order valence-corrected chi connectivity index (χ1v) is 9.00. The van der Waals surface area contributed by atoms with Gasteiger partial charge in [0.2, 0.25) is 5.91 Å². The van der Waals surface area contributed by atoms with Gasteiger partial charge in [-0.3, -0.25) is 9.59 Å².